The standard InChI is InChI=1S/C21H24N6O6S2/c1-3-27(9-10-28)35(30,31)16-6-4-15(5-7-16)20(26-33-14-19-22-8-11-34-19)21(29)25-17-12-24-18(32-2)13-23-17/h4-8,11-13,28H,3,9-10,14H2,1-2H3,(H,23,25,29). The molecule has 186 valence electrons. The molecule has 0 bridgehead atoms. The van der Waals surface area contributed by atoms with E-state index in [4.69, 9.17) is 14.7 Å². The maximum atomic E-state index is 13.0. The lowest BCUT2D eigenvalue weighted by atomic mass is 10.1. The zero-order chi connectivity index (χ0) is 25.3. The van der Waals surface area contributed by atoms with E-state index < -0.39 is 15.9 Å². The summed E-state index contributed by atoms with van der Waals surface area (Å²) in [6, 6.07) is 5.62. The molecule has 0 aliphatic heterocycles. The summed E-state index contributed by atoms with van der Waals surface area (Å²) in [6.45, 7) is 1.61. The lowest BCUT2D eigenvalue weighted by molar-refractivity contribution is -0.110. The van der Waals surface area contributed by atoms with Crippen LogP contribution in [-0.2, 0) is 26.3 Å². The maximum Gasteiger partial charge on any atom is 0.279 e. The third-order valence-electron chi connectivity index (χ3n) is 4.59. The van der Waals surface area contributed by atoms with Gasteiger partial charge in [0.2, 0.25) is 15.9 Å². The Balaban J connectivity index is 1.86. The highest BCUT2D eigenvalue weighted by Gasteiger charge is 2.24. The van der Waals surface area contributed by atoms with Crippen LogP contribution < -0.4 is 10.1 Å². The number of hydrogen-bond acceptors (Lipinski definition) is 11. The molecular formula is C21H24N6O6S2. The van der Waals surface area contributed by atoms with Crippen molar-refractivity contribution in [1.82, 2.24) is 19.3 Å². The number of nitrogens with one attached hydrogen (secondary N) is 1. The smallest absolute Gasteiger partial charge is 0.279 e. The van der Waals surface area contributed by atoms with Gasteiger partial charge in [-0.3, -0.25) is 4.79 Å². The second kappa shape index (κ2) is 12.3. The van der Waals surface area contributed by atoms with Gasteiger partial charge in [0, 0.05) is 30.2 Å². The molecule has 3 aromatic rings. The summed E-state index contributed by atoms with van der Waals surface area (Å²) in [5, 5.41) is 18.2. The first-order valence-corrected chi connectivity index (χ1v) is 12.7. The number of carbonyl (C=O) groups excluding carboxylic acids is 1. The molecule has 35 heavy (non-hydrogen) atoms. The minimum Gasteiger partial charge on any atom is -0.480 e. The number of rotatable bonds is 12. The number of hydrogen-bond donors (Lipinski definition) is 2. The summed E-state index contributed by atoms with van der Waals surface area (Å²) < 4.78 is 31.7. The van der Waals surface area contributed by atoms with Crippen molar-refractivity contribution < 1.29 is 27.9 Å². The van der Waals surface area contributed by atoms with Gasteiger partial charge in [-0.2, -0.15) is 4.31 Å². The summed E-state index contributed by atoms with van der Waals surface area (Å²) in [4.78, 5) is 30.5. The van der Waals surface area contributed by atoms with Gasteiger partial charge < -0.3 is 20.0 Å². The number of aliphatic hydroxyl groups excluding tert-OH is 1. The highest BCUT2D eigenvalue weighted by Crippen LogP contribution is 2.18. The molecule has 0 atom stereocenters. The molecule has 0 saturated carbocycles. The highest BCUT2D eigenvalue weighted by molar-refractivity contribution is 7.89. The van der Waals surface area contributed by atoms with Crippen LogP contribution in [0.25, 0.3) is 0 Å². The number of carbonyl (C=O) groups is 1. The fourth-order valence-electron chi connectivity index (χ4n) is 2.86. The number of aromatic nitrogens is 3. The van der Waals surface area contributed by atoms with E-state index in [0.29, 0.717) is 10.6 Å². The molecule has 3 rings (SSSR count). The van der Waals surface area contributed by atoms with Gasteiger partial charge in [-0.1, -0.05) is 24.2 Å². The highest BCUT2D eigenvalue weighted by atomic mass is 32.2. The summed E-state index contributed by atoms with van der Waals surface area (Å²) >= 11 is 1.37. The Labute approximate surface area is 206 Å². The number of anilines is 1. The van der Waals surface area contributed by atoms with Crippen LogP contribution in [-0.4, -0.2) is 71.2 Å². The minimum absolute atomic E-state index is 0.0148. The topological polar surface area (TPSA) is 156 Å². The number of aliphatic hydroxyl groups is 1. The Kier molecular flexibility index (Phi) is 9.19. The quantitative estimate of drug-likeness (QED) is 0.267. The largest absolute Gasteiger partial charge is 0.480 e. The summed E-state index contributed by atoms with van der Waals surface area (Å²) in [7, 11) is -2.37. The van der Waals surface area contributed by atoms with E-state index in [1.165, 1.54) is 55.1 Å². The zero-order valence-electron chi connectivity index (χ0n) is 19.0. The minimum atomic E-state index is -3.81. The summed E-state index contributed by atoms with van der Waals surface area (Å²) in [5.41, 5.74) is 0.207. The average molecular weight is 521 g/mol. The molecule has 1 amide bonds. The van der Waals surface area contributed by atoms with Crippen LogP contribution in [0.2, 0.25) is 0 Å². The first kappa shape index (κ1) is 26.2. The second-order valence-corrected chi connectivity index (χ2v) is 9.70. The molecular weight excluding hydrogens is 496 g/mol. The predicted octanol–water partition coefficient (Wildman–Crippen LogP) is 1.50. The molecule has 2 aromatic heterocycles. The molecule has 0 aliphatic carbocycles. The van der Waals surface area contributed by atoms with Crippen molar-refractivity contribution >= 4 is 38.8 Å². The molecule has 0 saturated heterocycles. The number of amides is 1. The van der Waals surface area contributed by atoms with Gasteiger partial charge >= 0.3 is 0 Å². The van der Waals surface area contributed by atoms with Crippen LogP contribution in [0.3, 0.4) is 0 Å². The normalized spacial score (nSPS) is 11.9. The molecule has 14 heteroatoms. The average Bonchev–Trinajstić information content (AvgIpc) is 3.39. The number of methoxy groups -OCH3 is 1. The number of oxime groups is 1. The van der Waals surface area contributed by atoms with E-state index in [2.05, 4.69) is 25.4 Å². The monoisotopic (exact) mass is 520 g/mol. The van der Waals surface area contributed by atoms with Crippen LogP contribution in [0.5, 0.6) is 5.88 Å². The number of benzene rings is 1. The van der Waals surface area contributed by atoms with Crippen LogP contribution in [0, 0.1) is 0 Å². The predicted molar refractivity (Wildman–Crippen MR) is 129 cm³/mol. The lowest BCUT2D eigenvalue weighted by Gasteiger charge is -2.19. The Morgan fingerprint density at radius 2 is 1.97 bits per heavy atom. The molecule has 0 radical (unpaired) electrons. The molecule has 2 N–H and O–H groups in total. The fourth-order valence-corrected chi connectivity index (χ4v) is 4.82. The van der Waals surface area contributed by atoms with E-state index in [1.807, 2.05) is 0 Å². The van der Waals surface area contributed by atoms with Crippen molar-refractivity contribution in [3.8, 4) is 5.88 Å². The van der Waals surface area contributed by atoms with Crippen LogP contribution >= 0.6 is 11.3 Å². The van der Waals surface area contributed by atoms with Gasteiger partial charge in [-0.25, -0.2) is 23.4 Å². The molecule has 0 aliphatic rings. The van der Waals surface area contributed by atoms with E-state index >= 15 is 0 Å². The zero-order valence-corrected chi connectivity index (χ0v) is 20.6. The van der Waals surface area contributed by atoms with Gasteiger partial charge in [0.1, 0.15) is 5.01 Å². The van der Waals surface area contributed by atoms with E-state index in [9.17, 15) is 13.2 Å². The Bertz CT molecular complexity index is 1230. The Morgan fingerprint density at radius 3 is 2.54 bits per heavy atom. The van der Waals surface area contributed by atoms with Gasteiger partial charge in [0.25, 0.3) is 5.91 Å². The van der Waals surface area contributed by atoms with Crippen molar-refractivity contribution in [1.29, 1.82) is 0 Å². The number of sulfonamides is 1. The fraction of sp³-hybridized carbons (Fsp3) is 0.286. The Morgan fingerprint density at radius 1 is 1.20 bits per heavy atom. The summed E-state index contributed by atoms with van der Waals surface area (Å²) in [5.74, 6) is -0.206. The van der Waals surface area contributed by atoms with Crippen molar-refractivity contribution in [3.05, 3.63) is 58.8 Å². The van der Waals surface area contributed by atoms with E-state index in [1.54, 1.807) is 18.5 Å². The number of thiazole rings is 1. The third-order valence-corrected chi connectivity index (χ3v) is 7.33. The number of ether oxygens (including phenoxy) is 1. The Hall–Kier alpha value is -3.46. The first-order chi connectivity index (χ1) is 16.9. The van der Waals surface area contributed by atoms with Gasteiger partial charge in [0.05, 0.1) is 31.0 Å². The maximum absolute atomic E-state index is 13.0. The van der Waals surface area contributed by atoms with Gasteiger partial charge in [-0.05, 0) is 12.1 Å². The molecule has 0 unspecified atom stereocenters. The van der Waals surface area contributed by atoms with Crippen LogP contribution in [0.15, 0.2) is 58.3 Å². The molecule has 12 nitrogen and oxygen atoms in total. The van der Waals surface area contributed by atoms with E-state index in [0.717, 1.165) is 4.31 Å². The molecule has 0 spiro atoms. The summed E-state index contributed by atoms with van der Waals surface area (Å²) in [6.07, 6.45) is 4.29. The lowest BCUT2D eigenvalue weighted by Crippen LogP contribution is -2.33. The van der Waals surface area contributed by atoms with Gasteiger partial charge in [0.15, 0.2) is 18.1 Å². The van der Waals surface area contributed by atoms with Crippen LogP contribution in [0.1, 0.15) is 17.5 Å². The van der Waals surface area contributed by atoms with E-state index in [-0.39, 0.29) is 48.6 Å². The first-order valence-electron chi connectivity index (χ1n) is 10.4. The number of nitrogens with zero attached hydrogens (tertiary/aromatic N) is 5. The number of likely N-dealkylation sites (N-methyl/N-ethyl adjacent to an activating group) is 1. The second-order valence-electron chi connectivity index (χ2n) is 6.78. The molecule has 2 heterocycles. The molecule has 1 aromatic carbocycles. The van der Waals surface area contributed by atoms with Crippen molar-refractivity contribution in [3.63, 3.8) is 0 Å². The third kappa shape index (κ3) is 6.79. The van der Waals surface area contributed by atoms with Crippen molar-refractivity contribution in [2.45, 2.75) is 18.4 Å². The van der Waals surface area contributed by atoms with Crippen LogP contribution in [0.4, 0.5) is 5.82 Å². The molecule has 0 fully saturated rings. The SMILES string of the molecule is CCN(CCO)S(=O)(=O)c1ccc(C(=NOCc2nccs2)C(=O)Nc2cnc(OC)cn2)cc1. The van der Waals surface area contributed by atoms with Crippen molar-refractivity contribution in [2.24, 2.45) is 5.16 Å². The van der Waals surface area contributed by atoms with Crippen molar-refractivity contribution in [2.75, 3.05) is 32.1 Å². The van der Waals surface area contributed by atoms with Gasteiger partial charge in [-0.15, -0.1) is 11.3 Å².